The van der Waals surface area contributed by atoms with E-state index in [9.17, 15) is 0 Å². The molecule has 0 N–H and O–H groups in total. The monoisotopic (exact) mass is 315 g/mol. The second-order valence-corrected chi connectivity index (χ2v) is 5.96. The van der Waals surface area contributed by atoms with E-state index in [0.717, 1.165) is 39.8 Å². The van der Waals surface area contributed by atoms with Crippen molar-refractivity contribution in [3.05, 3.63) is 75.3 Å². The Morgan fingerprint density at radius 3 is 1.71 bits per heavy atom. The number of hydrogen-bond donors (Lipinski definition) is 0. The number of nitrogens with zero attached hydrogens (tertiary/aromatic N) is 1. The quantitative estimate of drug-likeness (QED) is 0.678. The molecule has 1 nitrogen and oxygen atoms in total. The molecule has 0 radical (unpaired) electrons. The highest BCUT2D eigenvalue weighted by atomic mass is 35.5. The minimum atomic E-state index is 0.746. The third-order valence-corrected chi connectivity index (χ3v) is 4.22. The molecular weight excluding hydrogens is 301 g/mol. The molecule has 1 aliphatic heterocycles. The molecule has 1 heterocycles. The zero-order valence-electron chi connectivity index (χ0n) is 11.7. The number of halogens is 2. The summed E-state index contributed by atoms with van der Waals surface area (Å²) in [6, 6.07) is 15.9. The highest BCUT2D eigenvalue weighted by Gasteiger charge is 2.17. The average Bonchev–Trinajstić information content (AvgIpc) is 2.90. The highest BCUT2D eigenvalue weighted by molar-refractivity contribution is 6.31. The maximum atomic E-state index is 6.01. The zero-order chi connectivity index (χ0) is 14.8. The molecule has 2 aromatic carbocycles. The van der Waals surface area contributed by atoms with E-state index in [2.05, 4.69) is 36.2 Å². The SMILES string of the molecule is CC1=NCCC1=C(c1ccc(Cl)cc1)c1ccc(Cl)cc1. The van der Waals surface area contributed by atoms with Gasteiger partial charge in [-0.3, -0.25) is 4.99 Å². The Balaban J connectivity index is 2.18. The van der Waals surface area contributed by atoms with E-state index in [0.29, 0.717) is 0 Å². The molecule has 106 valence electrons. The molecule has 0 bridgehead atoms. The minimum Gasteiger partial charge on any atom is -0.289 e. The summed E-state index contributed by atoms with van der Waals surface area (Å²) in [6.07, 6.45) is 0.979. The molecule has 0 spiro atoms. The molecule has 1 aliphatic rings. The summed E-state index contributed by atoms with van der Waals surface area (Å²) in [5.74, 6) is 0. The first-order valence-electron chi connectivity index (χ1n) is 6.91. The molecule has 0 aromatic heterocycles. The maximum absolute atomic E-state index is 6.01. The Morgan fingerprint density at radius 1 is 0.857 bits per heavy atom. The smallest absolute Gasteiger partial charge is 0.0433 e. The van der Waals surface area contributed by atoms with Crippen molar-refractivity contribution in [3.63, 3.8) is 0 Å². The summed E-state index contributed by atoms with van der Waals surface area (Å²) < 4.78 is 0. The lowest BCUT2D eigenvalue weighted by Gasteiger charge is -2.13. The molecule has 0 aliphatic carbocycles. The third kappa shape index (κ3) is 3.04. The number of rotatable bonds is 2. The van der Waals surface area contributed by atoms with Gasteiger partial charge >= 0.3 is 0 Å². The van der Waals surface area contributed by atoms with Crippen molar-refractivity contribution < 1.29 is 0 Å². The van der Waals surface area contributed by atoms with Crippen LogP contribution in [0.4, 0.5) is 0 Å². The van der Waals surface area contributed by atoms with Crippen molar-refractivity contribution in [1.29, 1.82) is 0 Å². The Hall–Kier alpha value is -1.57. The van der Waals surface area contributed by atoms with Crippen LogP contribution in [0.1, 0.15) is 24.5 Å². The van der Waals surface area contributed by atoms with Gasteiger partial charge in [0.25, 0.3) is 0 Å². The summed E-state index contributed by atoms with van der Waals surface area (Å²) in [5.41, 5.74) is 5.97. The molecule has 0 atom stereocenters. The Morgan fingerprint density at radius 2 is 1.33 bits per heavy atom. The van der Waals surface area contributed by atoms with Crippen LogP contribution >= 0.6 is 23.2 Å². The van der Waals surface area contributed by atoms with E-state index in [4.69, 9.17) is 23.2 Å². The standard InChI is InChI=1S/C18H15Cl2N/c1-12-17(10-11-21-12)18(13-2-6-15(19)7-3-13)14-4-8-16(20)9-5-14/h2-9H,10-11H2,1H3. The molecule has 3 rings (SSSR count). The van der Waals surface area contributed by atoms with E-state index < -0.39 is 0 Å². The van der Waals surface area contributed by atoms with Gasteiger partial charge in [-0.25, -0.2) is 0 Å². The molecule has 0 amide bonds. The van der Waals surface area contributed by atoms with E-state index in [1.54, 1.807) is 0 Å². The van der Waals surface area contributed by atoms with Crippen LogP contribution in [-0.4, -0.2) is 12.3 Å². The van der Waals surface area contributed by atoms with Crippen LogP contribution in [0.15, 0.2) is 59.1 Å². The summed E-state index contributed by atoms with van der Waals surface area (Å²) in [5, 5.41) is 1.49. The predicted octanol–water partition coefficient (Wildman–Crippen LogP) is 5.66. The predicted molar refractivity (Wildman–Crippen MR) is 91.5 cm³/mol. The second kappa shape index (κ2) is 6.05. The summed E-state index contributed by atoms with van der Waals surface area (Å²) in [6.45, 7) is 2.94. The van der Waals surface area contributed by atoms with Gasteiger partial charge in [0.2, 0.25) is 0 Å². The molecule has 0 fully saturated rings. The van der Waals surface area contributed by atoms with Crippen LogP contribution in [0.3, 0.4) is 0 Å². The van der Waals surface area contributed by atoms with Crippen molar-refractivity contribution in [3.8, 4) is 0 Å². The molecule has 0 saturated heterocycles. The van der Waals surface area contributed by atoms with Crippen LogP contribution in [0.5, 0.6) is 0 Å². The Bertz CT molecular complexity index is 662. The summed E-state index contributed by atoms with van der Waals surface area (Å²) >= 11 is 12.0. The van der Waals surface area contributed by atoms with Crippen LogP contribution in [0.2, 0.25) is 10.0 Å². The molecule has 0 unspecified atom stereocenters. The number of aliphatic imine (C=N–C) groups is 1. The van der Waals surface area contributed by atoms with Gasteiger partial charge in [0.05, 0.1) is 0 Å². The van der Waals surface area contributed by atoms with Crippen molar-refractivity contribution >= 4 is 34.5 Å². The van der Waals surface area contributed by atoms with Gasteiger partial charge in [-0.15, -0.1) is 0 Å². The van der Waals surface area contributed by atoms with Crippen molar-refractivity contribution in [2.24, 2.45) is 4.99 Å². The first-order chi connectivity index (χ1) is 10.1. The van der Waals surface area contributed by atoms with Crippen LogP contribution in [0, 0.1) is 0 Å². The molecule has 3 heteroatoms. The van der Waals surface area contributed by atoms with E-state index in [1.807, 2.05) is 24.3 Å². The van der Waals surface area contributed by atoms with Gasteiger partial charge in [0, 0.05) is 22.3 Å². The van der Waals surface area contributed by atoms with E-state index in [-0.39, 0.29) is 0 Å². The van der Waals surface area contributed by atoms with E-state index >= 15 is 0 Å². The highest BCUT2D eigenvalue weighted by Crippen LogP contribution is 2.32. The van der Waals surface area contributed by atoms with Crippen molar-refractivity contribution in [2.45, 2.75) is 13.3 Å². The molecule has 21 heavy (non-hydrogen) atoms. The Labute approximate surface area is 134 Å². The van der Waals surface area contributed by atoms with Gasteiger partial charge in [0.15, 0.2) is 0 Å². The molecular formula is C18H15Cl2N. The first-order valence-corrected chi connectivity index (χ1v) is 7.67. The second-order valence-electron chi connectivity index (χ2n) is 5.08. The largest absolute Gasteiger partial charge is 0.289 e. The van der Waals surface area contributed by atoms with Gasteiger partial charge < -0.3 is 0 Å². The first kappa shape index (κ1) is 14.4. The number of hydrogen-bond acceptors (Lipinski definition) is 1. The summed E-state index contributed by atoms with van der Waals surface area (Å²) in [4.78, 5) is 4.53. The van der Waals surface area contributed by atoms with Crippen molar-refractivity contribution in [1.82, 2.24) is 0 Å². The van der Waals surface area contributed by atoms with E-state index in [1.165, 1.54) is 11.1 Å². The van der Waals surface area contributed by atoms with Gasteiger partial charge in [-0.05, 0) is 59.9 Å². The lowest BCUT2D eigenvalue weighted by molar-refractivity contribution is 1.04. The zero-order valence-corrected chi connectivity index (χ0v) is 13.2. The van der Waals surface area contributed by atoms with Gasteiger partial charge in [0.1, 0.15) is 0 Å². The normalized spacial score (nSPS) is 14.2. The maximum Gasteiger partial charge on any atom is 0.0433 e. The fraction of sp³-hybridized carbons (Fsp3) is 0.167. The fourth-order valence-electron chi connectivity index (χ4n) is 2.67. The molecule has 2 aromatic rings. The fourth-order valence-corrected chi connectivity index (χ4v) is 2.92. The Kier molecular flexibility index (Phi) is 4.14. The van der Waals surface area contributed by atoms with Crippen molar-refractivity contribution in [2.75, 3.05) is 6.54 Å². The van der Waals surface area contributed by atoms with Crippen LogP contribution in [-0.2, 0) is 0 Å². The van der Waals surface area contributed by atoms with Crippen LogP contribution in [0.25, 0.3) is 5.57 Å². The minimum absolute atomic E-state index is 0.746. The van der Waals surface area contributed by atoms with Crippen LogP contribution < -0.4 is 0 Å². The third-order valence-electron chi connectivity index (χ3n) is 3.72. The number of benzene rings is 2. The summed E-state index contributed by atoms with van der Waals surface area (Å²) in [7, 11) is 0. The van der Waals surface area contributed by atoms with Gasteiger partial charge in [-0.1, -0.05) is 47.5 Å². The lowest BCUT2D eigenvalue weighted by atomic mass is 9.90. The topological polar surface area (TPSA) is 12.4 Å². The average molecular weight is 316 g/mol. The lowest BCUT2D eigenvalue weighted by Crippen LogP contribution is -1.99. The molecule has 0 saturated carbocycles. The van der Waals surface area contributed by atoms with Gasteiger partial charge in [-0.2, -0.15) is 0 Å².